The van der Waals surface area contributed by atoms with Gasteiger partial charge in [-0.15, -0.1) is 0 Å². The maximum absolute atomic E-state index is 14.2. The third kappa shape index (κ3) is 6.69. The molecular weight excluding hydrogens is 613 g/mol. The second-order valence-corrected chi connectivity index (χ2v) is 12.6. The van der Waals surface area contributed by atoms with Crippen LogP contribution in [0.3, 0.4) is 0 Å². The standard InChI is InChI=1S/C46H38N2O2/c1-3-32(2)46(50)47-39-26-24-33(25-27-39)38-28-43(36-20-12-6-13-21-36)48(44(29-38)37-22-14-7-15-23-37)40-30-41(34-16-8-4-9-17-34)45(49)42(31-40)35-18-10-5-11-19-35/h4-32,49H,3H2,1-2H3. The SMILES string of the molecule is CCC(C)C(=O)Nc1ccc(-c2cc(-c3ccccc3)[n+](-c3cc(-c4ccccc4)c([O-])c(-c4ccccc4)c3)c(-c3ccccc3)c2)cc1. The summed E-state index contributed by atoms with van der Waals surface area (Å²) in [5, 5.41) is 17.3. The molecule has 0 saturated carbocycles. The Morgan fingerprint density at radius 2 is 0.980 bits per heavy atom. The summed E-state index contributed by atoms with van der Waals surface area (Å²) in [6.07, 6.45) is 0.787. The number of carbonyl (C=O) groups is 1. The second kappa shape index (κ2) is 14.5. The van der Waals surface area contributed by atoms with Crippen LogP contribution >= 0.6 is 0 Å². The smallest absolute Gasteiger partial charge is 0.227 e. The van der Waals surface area contributed by atoms with Gasteiger partial charge in [0.05, 0.1) is 0 Å². The first kappa shape index (κ1) is 32.3. The summed E-state index contributed by atoms with van der Waals surface area (Å²) in [7, 11) is 0. The van der Waals surface area contributed by atoms with Crippen molar-refractivity contribution in [2.75, 3.05) is 5.32 Å². The molecule has 1 aromatic heterocycles. The summed E-state index contributed by atoms with van der Waals surface area (Å²) in [5.74, 6) is -0.0411. The number of amides is 1. The van der Waals surface area contributed by atoms with Crippen molar-refractivity contribution in [3.05, 3.63) is 170 Å². The molecule has 0 aliphatic heterocycles. The number of nitrogens with zero attached hydrogens (tertiary/aromatic N) is 1. The zero-order valence-corrected chi connectivity index (χ0v) is 28.2. The highest BCUT2D eigenvalue weighted by atomic mass is 16.3. The van der Waals surface area contributed by atoms with Gasteiger partial charge in [0.2, 0.25) is 23.0 Å². The third-order valence-electron chi connectivity index (χ3n) is 9.25. The molecule has 4 heteroatoms. The molecule has 50 heavy (non-hydrogen) atoms. The molecule has 1 heterocycles. The highest BCUT2D eigenvalue weighted by Crippen LogP contribution is 2.39. The van der Waals surface area contributed by atoms with Crippen LogP contribution in [-0.4, -0.2) is 5.91 Å². The molecule has 6 aromatic carbocycles. The van der Waals surface area contributed by atoms with E-state index in [-0.39, 0.29) is 17.6 Å². The quantitative estimate of drug-likeness (QED) is 0.158. The van der Waals surface area contributed by atoms with E-state index in [9.17, 15) is 9.90 Å². The lowest BCUT2D eigenvalue weighted by Crippen LogP contribution is -2.36. The number of hydrogen-bond donors (Lipinski definition) is 1. The van der Waals surface area contributed by atoms with Crippen molar-refractivity contribution >= 4 is 11.6 Å². The number of carbonyl (C=O) groups excluding carboxylic acids is 1. The molecule has 0 saturated heterocycles. The van der Waals surface area contributed by atoms with Crippen molar-refractivity contribution in [3.63, 3.8) is 0 Å². The molecule has 1 unspecified atom stereocenters. The number of rotatable bonds is 9. The summed E-state index contributed by atoms with van der Waals surface area (Å²) in [6.45, 7) is 3.96. The Morgan fingerprint density at radius 3 is 1.40 bits per heavy atom. The number of aromatic nitrogens is 1. The lowest BCUT2D eigenvalue weighted by Gasteiger charge is -2.21. The minimum absolute atomic E-state index is 0.00796. The Morgan fingerprint density at radius 1 is 0.560 bits per heavy atom. The molecular formula is C46H38N2O2. The molecule has 0 bridgehead atoms. The molecule has 0 radical (unpaired) electrons. The molecule has 1 N–H and O–H groups in total. The van der Waals surface area contributed by atoms with Crippen molar-refractivity contribution in [3.8, 4) is 67.3 Å². The molecule has 4 nitrogen and oxygen atoms in total. The summed E-state index contributed by atoms with van der Waals surface area (Å²) < 4.78 is 2.27. The van der Waals surface area contributed by atoms with E-state index in [0.29, 0.717) is 11.1 Å². The topological polar surface area (TPSA) is 56.0 Å². The van der Waals surface area contributed by atoms with Gasteiger partial charge < -0.3 is 10.4 Å². The van der Waals surface area contributed by atoms with Crippen LogP contribution in [0.15, 0.2) is 170 Å². The number of anilines is 1. The fourth-order valence-corrected chi connectivity index (χ4v) is 6.29. The first-order valence-corrected chi connectivity index (χ1v) is 17.1. The molecule has 0 aliphatic carbocycles. The van der Waals surface area contributed by atoms with Gasteiger partial charge in [-0.2, -0.15) is 4.57 Å². The largest absolute Gasteiger partial charge is 0.872 e. The van der Waals surface area contributed by atoms with Gasteiger partial charge >= 0.3 is 0 Å². The minimum atomic E-state index is -0.0541. The molecule has 0 aliphatic rings. The normalized spacial score (nSPS) is 11.6. The van der Waals surface area contributed by atoms with Gasteiger partial charge in [0.15, 0.2) is 0 Å². The Hall–Kier alpha value is -6.26. The second-order valence-electron chi connectivity index (χ2n) is 12.6. The van der Waals surface area contributed by atoms with Crippen LogP contribution in [0.25, 0.3) is 61.6 Å². The van der Waals surface area contributed by atoms with Crippen molar-refractivity contribution in [2.24, 2.45) is 5.92 Å². The monoisotopic (exact) mass is 650 g/mol. The van der Waals surface area contributed by atoms with E-state index in [1.54, 1.807) is 0 Å². The zero-order valence-electron chi connectivity index (χ0n) is 28.2. The Kier molecular flexibility index (Phi) is 9.35. The highest BCUT2D eigenvalue weighted by Gasteiger charge is 2.26. The third-order valence-corrected chi connectivity index (χ3v) is 9.25. The first-order chi connectivity index (χ1) is 24.5. The first-order valence-electron chi connectivity index (χ1n) is 17.1. The summed E-state index contributed by atoms with van der Waals surface area (Å²) in [4.78, 5) is 12.6. The maximum atomic E-state index is 14.2. The number of hydrogen-bond acceptors (Lipinski definition) is 2. The van der Waals surface area contributed by atoms with Crippen LogP contribution < -0.4 is 15.0 Å². The van der Waals surface area contributed by atoms with Crippen LogP contribution in [-0.2, 0) is 4.79 Å². The lowest BCUT2D eigenvalue weighted by atomic mass is 9.94. The van der Waals surface area contributed by atoms with Crippen LogP contribution in [0.4, 0.5) is 5.69 Å². The average molecular weight is 651 g/mol. The van der Waals surface area contributed by atoms with Gasteiger partial charge in [0.25, 0.3) is 0 Å². The molecule has 7 aromatic rings. The van der Waals surface area contributed by atoms with E-state index in [2.05, 4.69) is 82.7 Å². The van der Waals surface area contributed by atoms with Crippen molar-refractivity contribution in [1.82, 2.24) is 0 Å². The molecule has 0 fully saturated rings. The van der Waals surface area contributed by atoms with Crippen LogP contribution in [0.2, 0.25) is 0 Å². The van der Waals surface area contributed by atoms with Gasteiger partial charge in [-0.05, 0) is 76.2 Å². The van der Waals surface area contributed by atoms with Gasteiger partial charge in [-0.25, -0.2) is 0 Å². The van der Waals surface area contributed by atoms with E-state index in [0.717, 1.165) is 62.6 Å². The number of pyridine rings is 1. The fourth-order valence-electron chi connectivity index (χ4n) is 6.29. The summed E-state index contributed by atoms with van der Waals surface area (Å²) in [6, 6.07) is 57.0. The predicted molar refractivity (Wildman–Crippen MR) is 203 cm³/mol. The molecule has 1 amide bonds. The van der Waals surface area contributed by atoms with Crippen molar-refractivity contribution in [2.45, 2.75) is 20.3 Å². The lowest BCUT2D eigenvalue weighted by molar-refractivity contribution is -0.572. The molecule has 7 rings (SSSR count). The van der Waals surface area contributed by atoms with Crippen molar-refractivity contribution in [1.29, 1.82) is 0 Å². The van der Waals surface area contributed by atoms with Crippen LogP contribution in [0, 0.1) is 5.92 Å². The van der Waals surface area contributed by atoms with E-state index in [1.807, 2.05) is 111 Å². The van der Waals surface area contributed by atoms with Crippen LogP contribution in [0.1, 0.15) is 20.3 Å². The Balaban J connectivity index is 1.49. The summed E-state index contributed by atoms with van der Waals surface area (Å²) in [5.41, 5.74) is 10.8. The minimum Gasteiger partial charge on any atom is -0.872 e. The molecule has 0 spiro atoms. The van der Waals surface area contributed by atoms with E-state index >= 15 is 0 Å². The predicted octanol–water partition coefficient (Wildman–Crippen LogP) is 10.4. The van der Waals surface area contributed by atoms with E-state index in [4.69, 9.17) is 0 Å². The zero-order chi connectivity index (χ0) is 34.5. The van der Waals surface area contributed by atoms with E-state index in [1.165, 1.54) is 0 Å². The van der Waals surface area contributed by atoms with Crippen LogP contribution in [0.5, 0.6) is 5.75 Å². The van der Waals surface area contributed by atoms with Gasteiger partial charge in [0.1, 0.15) is 0 Å². The highest BCUT2D eigenvalue weighted by molar-refractivity contribution is 5.92. The van der Waals surface area contributed by atoms with E-state index < -0.39 is 0 Å². The molecule has 1 atom stereocenters. The Labute approximate surface area is 294 Å². The van der Waals surface area contributed by atoms with Gasteiger partial charge in [-0.1, -0.05) is 129 Å². The summed E-state index contributed by atoms with van der Waals surface area (Å²) >= 11 is 0. The maximum Gasteiger partial charge on any atom is 0.227 e. The Bertz CT molecular complexity index is 2110. The fraction of sp³-hybridized carbons (Fsp3) is 0.0870. The number of benzene rings is 6. The van der Waals surface area contributed by atoms with Gasteiger partial charge in [0, 0.05) is 47.0 Å². The van der Waals surface area contributed by atoms with Crippen molar-refractivity contribution < 1.29 is 14.5 Å². The molecule has 244 valence electrons. The van der Waals surface area contributed by atoms with Gasteiger partial charge in [-0.3, -0.25) is 4.79 Å². The number of nitrogens with one attached hydrogen (secondary N) is 1. The average Bonchev–Trinajstić information content (AvgIpc) is 3.19.